The number of ketones is 1. The van der Waals surface area contributed by atoms with Gasteiger partial charge in [0.1, 0.15) is 23.4 Å². The van der Waals surface area contributed by atoms with Gasteiger partial charge in [0.25, 0.3) is 5.78 Å². The van der Waals surface area contributed by atoms with Crippen LogP contribution in [0.1, 0.15) is 33.9 Å². The molecule has 4 aromatic rings. The van der Waals surface area contributed by atoms with E-state index in [0.29, 0.717) is 21.2 Å². The van der Waals surface area contributed by atoms with Crippen molar-refractivity contribution in [2.24, 2.45) is 0 Å². The minimum Gasteiger partial charge on any atom is -0.507 e. The van der Waals surface area contributed by atoms with E-state index in [4.69, 9.17) is 0 Å². The fourth-order valence-corrected chi connectivity index (χ4v) is 6.06. The van der Waals surface area contributed by atoms with Crippen LogP contribution in [0.5, 0.6) is 0 Å². The number of carbonyl (C=O) groups is 2. The lowest BCUT2D eigenvalue weighted by Crippen LogP contribution is -2.29. The van der Waals surface area contributed by atoms with Crippen LogP contribution in [0.2, 0.25) is 0 Å². The first-order valence-corrected chi connectivity index (χ1v) is 13.4. The Bertz CT molecular complexity index is 1580. The number of rotatable bonds is 6. The zero-order chi connectivity index (χ0) is 27.0. The molecule has 1 aliphatic heterocycles. The van der Waals surface area contributed by atoms with Gasteiger partial charge in [0.15, 0.2) is 4.34 Å². The lowest BCUT2D eigenvalue weighted by atomic mass is 9.93. The Hall–Kier alpha value is -3.89. The number of aromatic nitrogens is 2. The molecule has 2 heterocycles. The van der Waals surface area contributed by atoms with Gasteiger partial charge in [-0.15, -0.1) is 10.2 Å². The molecule has 38 heavy (non-hydrogen) atoms. The number of aliphatic hydroxyl groups is 1. The van der Waals surface area contributed by atoms with Gasteiger partial charge in [0, 0.05) is 16.9 Å². The first-order chi connectivity index (χ1) is 18.2. The SMILES string of the molecule is Cc1ccc(C)c(/C(O)=C2\C(=O)C(=O)N(c3nnc(SCc4ccc(F)cc4)s3)C2c2ccccc2F)c1. The Kier molecular flexibility index (Phi) is 7.09. The van der Waals surface area contributed by atoms with E-state index in [-0.39, 0.29) is 27.8 Å². The highest BCUT2D eigenvalue weighted by Gasteiger charge is 2.49. The molecule has 1 atom stereocenters. The predicted octanol–water partition coefficient (Wildman–Crippen LogP) is 6.35. The number of nitrogens with zero attached hydrogens (tertiary/aromatic N) is 3. The summed E-state index contributed by atoms with van der Waals surface area (Å²) in [6, 6.07) is 16.0. The van der Waals surface area contributed by atoms with Crippen LogP contribution in [0, 0.1) is 25.5 Å². The van der Waals surface area contributed by atoms with Gasteiger partial charge < -0.3 is 5.11 Å². The van der Waals surface area contributed by atoms with Crippen molar-refractivity contribution in [3.63, 3.8) is 0 Å². The molecule has 1 N–H and O–H groups in total. The molecule has 1 unspecified atom stereocenters. The van der Waals surface area contributed by atoms with Crippen molar-refractivity contribution in [1.82, 2.24) is 10.2 Å². The van der Waals surface area contributed by atoms with E-state index in [2.05, 4.69) is 10.2 Å². The number of amides is 1. The van der Waals surface area contributed by atoms with Gasteiger partial charge in [-0.2, -0.15) is 0 Å². The minimum atomic E-state index is -1.24. The highest BCUT2D eigenvalue weighted by Crippen LogP contribution is 2.45. The average Bonchev–Trinajstić information content (AvgIpc) is 3.47. The summed E-state index contributed by atoms with van der Waals surface area (Å²) < 4.78 is 28.8. The smallest absolute Gasteiger partial charge is 0.301 e. The number of hydrogen-bond acceptors (Lipinski definition) is 7. The van der Waals surface area contributed by atoms with Gasteiger partial charge in [-0.1, -0.05) is 71.1 Å². The Morgan fingerprint density at radius 2 is 1.76 bits per heavy atom. The first kappa shape index (κ1) is 25.7. The number of thioether (sulfide) groups is 1. The zero-order valence-corrected chi connectivity index (χ0v) is 21.9. The molecule has 1 aliphatic rings. The first-order valence-electron chi connectivity index (χ1n) is 11.6. The third kappa shape index (κ3) is 4.84. The molecular weight excluding hydrogens is 528 g/mol. The van der Waals surface area contributed by atoms with Crippen molar-refractivity contribution in [2.45, 2.75) is 30.0 Å². The van der Waals surface area contributed by atoms with E-state index in [1.54, 1.807) is 37.3 Å². The molecule has 6 nitrogen and oxygen atoms in total. The summed E-state index contributed by atoms with van der Waals surface area (Å²) in [5.74, 6) is -2.73. The van der Waals surface area contributed by atoms with E-state index >= 15 is 4.39 Å². The molecule has 0 radical (unpaired) electrons. The van der Waals surface area contributed by atoms with Crippen LogP contribution < -0.4 is 4.90 Å². The van der Waals surface area contributed by atoms with Crippen molar-refractivity contribution in [3.05, 3.63) is 112 Å². The van der Waals surface area contributed by atoms with Crippen LogP contribution >= 0.6 is 23.1 Å². The summed E-state index contributed by atoms with van der Waals surface area (Å²) in [4.78, 5) is 27.7. The fraction of sp³-hybridized carbons (Fsp3) is 0.143. The highest BCUT2D eigenvalue weighted by molar-refractivity contribution is 8.00. The molecule has 0 aliphatic carbocycles. The molecule has 0 saturated carbocycles. The standard InChI is InChI=1S/C28H21F2N3O3S2/c1-15-7-8-16(2)20(13-15)24(34)22-23(19-5-3-4-6-21(19)30)33(26(36)25(22)35)27-31-32-28(38-27)37-14-17-9-11-18(29)12-10-17/h3-13,23,34H,14H2,1-2H3/b24-22+. The normalized spacial score (nSPS) is 16.8. The van der Waals surface area contributed by atoms with Gasteiger partial charge in [-0.25, -0.2) is 8.78 Å². The summed E-state index contributed by atoms with van der Waals surface area (Å²) in [5, 5.41) is 19.7. The van der Waals surface area contributed by atoms with E-state index in [9.17, 15) is 19.1 Å². The maximum atomic E-state index is 15.1. The molecule has 3 aromatic carbocycles. The van der Waals surface area contributed by atoms with Crippen LogP contribution in [0.15, 0.2) is 76.6 Å². The number of anilines is 1. The van der Waals surface area contributed by atoms with Crippen molar-refractivity contribution >= 4 is 45.7 Å². The second kappa shape index (κ2) is 10.5. The minimum absolute atomic E-state index is 0.0503. The monoisotopic (exact) mass is 549 g/mol. The number of benzene rings is 3. The van der Waals surface area contributed by atoms with Crippen molar-refractivity contribution in [3.8, 4) is 0 Å². The third-order valence-electron chi connectivity index (χ3n) is 6.17. The second-order valence-corrected chi connectivity index (χ2v) is 11.0. The lowest BCUT2D eigenvalue weighted by Gasteiger charge is -2.23. The van der Waals surface area contributed by atoms with Crippen LogP contribution in [-0.4, -0.2) is 27.0 Å². The van der Waals surface area contributed by atoms with Gasteiger partial charge in [0.05, 0.1) is 5.57 Å². The number of aliphatic hydroxyl groups excluding tert-OH is 1. The molecule has 1 amide bonds. The average molecular weight is 550 g/mol. The quantitative estimate of drug-likeness (QED) is 0.0992. The van der Waals surface area contributed by atoms with Crippen molar-refractivity contribution in [2.75, 3.05) is 4.90 Å². The maximum absolute atomic E-state index is 15.1. The molecular formula is C28H21F2N3O3S2. The van der Waals surface area contributed by atoms with Crippen LogP contribution in [0.25, 0.3) is 5.76 Å². The van der Waals surface area contributed by atoms with Crippen LogP contribution in [-0.2, 0) is 15.3 Å². The summed E-state index contributed by atoms with van der Waals surface area (Å²) in [6.45, 7) is 3.62. The Morgan fingerprint density at radius 3 is 2.50 bits per heavy atom. The van der Waals surface area contributed by atoms with Crippen molar-refractivity contribution < 1.29 is 23.5 Å². The zero-order valence-electron chi connectivity index (χ0n) is 20.3. The van der Waals surface area contributed by atoms with Crippen LogP contribution in [0.4, 0.5) is 13.9 Å². The molecule has 0 spiro atoms. The molecule has 1 saturated heterocycles. The Balaban J connectivity index is 1.57. The maximum Gasteiger partial charge on any atom is 0.301 e. The number of aryl methyl sites for hydroxylation is 2. The second-order valence-electron chi connectivity index (χ2n) is 8.77. The van der Waals surface area contributed by atoms with Gasteiger partial charge in [-0.3, -0.25) is 14.5 Å². The topological polar surface area (TPSA) is 83.4 Å². The van der Waals surface area contributed by atoms with Crippen LogP contribution in [0.3, 0.4) is 0 Å². The number of Topliss-reactive ketones (excluding diaryl/α,β-unsaturated/α-hetero) is 1. The summed E-state index contributed by atoms with van der Waals surface area (Å²) in [6.07, 6.45) is 0. The Morgan fingerprint density at radius 1 is 1.03 bits per heavy atom. The van der Waals surface area contributed by atoms with Gasteiger partial charge in [-0.05, 0) is 49.2 Å². The van der Waals surface area contributed by atoms with E-state index < -0.39 is 23.5 Å². The van der Waals surface area contributed by atoms with E-state index in [1.165, 1.54) is 42.1 Å². The molecule has 5 rings (SSSR count). The number of halogens is 2. The summed E-state index contributed by atoms with van der Waals surface area (Å²) in [7, 11) is 0. The van der Waals surface area contributed by atoms with E-state index in [0.717, 1.165) is 27.4 Å². The predicted molar refractivity (Wildman–Crippen MR) is 143 cm³/mol. The summed E-state index contributed by atoms with van der Waals surface area (Å²) in [5.41, 5.74) is 2.63. The summed E-state index contributed by atoms with van der Waals surface area (Å²) >= 11 is 2.40. The molecule has 1 fully saturated rings. The Labute approximate surface area is 225 Å². The highest BCUT2D eigenvalue weighted by atomic mass is 32.2. The van der Waals surface area contributed by atoms with Gasteiger partial charge >= 0.3 is 5.91 Å². The lowest BCUT2D eigenvalue weighted by molar-refractivity contribution is -0.132. The van der Waals surface area contributed by atoms with E-state index in [1.807, 2.05) is 13.0 Å². The third-order valence-corrected chi connectivity index (χ3v) is 8.30. The molecule has 10 heteroatoms. The number of carbonyl (C=O) groups excluding carboxylic acids is 2. The van der Waals surface area contributed by atoms with Gasteiger partial charge in [0.2, 0.25) is 5.13 Å². The molecule has 192 valence electrons. The molecule has 0 bridgehead atoms. The number of hydrogen-bond donors (Lipinski definition) is 1. The fourth-order valence-electron chi connectivity index (χ4n) is 4.24. The molecule has 1 aromatic heterocycles. The van der Waals surface area contributed by atoms with Crippen molar-refractivity contribution in [1.29, 1.82) is 0 Å². The largest absolute Gasteiger partial charge is 0.507 e.